The molecular formula is C13H22N4O. The van der Waals surface area contributed by atoms with Crippen LogP contribution in [0.15, 0.2) is 6.20 Å². The summed E-state index contributed by atoms with van der Waals surface area (Å²) in [6.07, 6.45) is 2.97. The van der Waals surface area contributed by atoms with Crippen LogP contribution in [0.25, 0.3) is 0 Å². The maximum Gasteiger partial charge on any atom is 0.142 e. The third-order valence-corrected chi connectivity index (χ3v) is 3.25. The number of aromatic nitrogens is 2. The fourth-order valence-electron chi connectivity index (χ4n) is 2.14. The molecule has 0 saturated carbocycles. The zero-order valence-electron chi connectivity index (χ0n) is 11.3. The Labute approximate surface area is 109 Å². The van der Waals surface area contributed by atoms with Gasteiger partial charge in [0.25, 0.3) is 0 Å². The van der Waals surface area contributed by atoms with Crippen molar-refractivity contribution in [3.8, 4) is 0 Å². The van der Waals surface area contributed by atoms with Crippen LogP contribution >= 0.6 is 0 Å². The number of nitrogens with one attached hydrogen (secondary N) is 1. The summed E-state index contributed by atoms with van der Waals surface area (Å²) >= 11 is 0. The fraction of sp³-hybridized carbons (Fsp3) is 0.615. The summed E-state index contributed by atoms with van der Waals surface area (Å²) in [4.78, 5) is 12.6. The Kier molecular flexibility index (Phi) is 4.63. The number of quaternary nitrogens is 1. The molecule has 1 unspecified atom stereocenters. The number of hydrogen-bond donors (Lipinski definition) is 1. The van der Waals surface area contributed by atoms with Crippen molar-refractivity contribution in [1.82, 2.24) is 14.9 Å². The smallest absolute Gasteiger partial charge is 0.142 e. The van der Waals surface area contributed by atoms with Gasteiger partial charge in [0.15, 0.2) is 0 Å². The predicted molar refractivity (Wildman–Crippen MR) is 68.8 cm³/mol. The Morgan fingerprint density at radius 3 is 3.17 bits per heavy atom. The summed E-state index contributed by atoms with van der Waals surface area (Å²) in [6, 6.07) is 0. The lowest BCUT2D eigenvalue weighted by molar-refractivity contribution is -0.870. The molecule has 0 fully saturated rings. The SMILES string of the molecule is [CH2-][NH+]1CCc2nc(CN(C)CCOC)ncc2C1. The standard InChI is InChI=1S/C13H22N4O/c1-16-5-4-12-11(9-16)8-14-13(15-12)10-17(2)6-7-18-3/h8,16H,1,4-7,9-10H2,2-3H3. The van der Waals surface area contributed by atoms with Gasteiger partial charge in [0, 0.05) is 31.8 Å². The van der Waals surface area contributed by atoms with E-state index in [2.05, 4.69) is 29.0 Å². The van der Waals surface area contributed by atoms with Gasteiger partial charge in [-0.1, -0.05) is 0 Å². The molecule has 18 heavy (non-hydrogen) atoms. The van der Waals surface area contributed by atoms with E-state index in [9.17, 15) is 0 Å². The molecule has 0 aromatic carbocycles. The van der Waals surface area contributed by atoms with E-state index in [1.54, 1.807) is 7.11 Å². The molecule has 1 atom stereocenters. The Morgan fingerprint density at radius 2 is 2.39 bits per heavy atom. The van der Waals surface area contributed by atoms with Crippen LogP contribution in [-0.4, -0.2) is 48.7 Å². The molecule has 0 radical (unpaired) electrons. The number of methoxy groups -OCH3 is 1. The Bertz CT molecular complexity index is 397. The van der Waals surface area contributed by atoms with Crippen LogP contribution in [0.1, 0.15) is 17.1 Å². The highest BCUT2D eigenvalue weighted by atomic mass is 16.5. The van der Waals surface area contributed by atoms with Gasteiger partial charge in [-0.3, -0.25) is 4.90 Å². The highest BCUT2D eigenvalue weighted by molar-refractivity contribution is 5.18. The molecule has 0 saturated heterocycles. The van der Waals surface area contributed by atoms with Crippen LogP contribution < -0.4 is 4.90 Å². The first kappa shape index (κ1) is 13.4. The van der Waals surface area contributed by atoms with Crippen LogP contribution in [0.2, 0.25) is 0 Å². The molecule has 1 aromatic rings. The van der Waals surface area contributed by atoms with Crippen molar-refractivity contribution in [1.29, 1.82) is 0 Å². The van der Waals surface area contributed by atoms with Gasteiger partial charge >= 0.3 is 0 Å². The van der Waals surface area contributed by atoms with Gasteiger partial charge in [0.1, 0.15) is 5.82 Å². The third-order valence-electron chi connectivity index (χ3n) is 3.25. The van der Waals surface area contributed by atoms with Crippen molar-refractivity contribution in [2.45, 2.75) is 19.5 Å². The first-order valence-corrected chi connectivity index (χ1v) is 6.37. The number of nitrogens with zero attached hydrogens (tertiary/aromatic N) is 3. The first-order valence-electron chi connectivity index (χ1n) is 6.37. The number of likely N-dealkylation sites (N-methyl/N-ethyl adjacent to an activating group) is 1. The number of fused-ring (bicyclic) bond motifs is 1. The van der Waals surface area contributed by atoms with E-state index >= 15 is 0 Å². The van der Waals surface area contributed by atoms with Gasteiger partial charge in [-0.25, -0.2) is 9.97 Å². The lowest BCUT2D eigenvalue weighted by Crippen LogP contribution is -3.06. The minimum absolute atomic E-state index is 0.737. The molecule has 2 rings (SSSR count). The minimum Gasteiger partial charge on any atom is -0.464 e. The van der Waals surface area contributed by atoms with E-state index in [1.807, 2.05) is 6.20 Å². The van der Waals surface area contributed by atoms with Gasteiger partial charge < -0.3 is 9.64 Å². The minimum atomic E-state index is 0.737. The molecule has 100 valence electrons. The molecule has 0 spiro atoms. The van der Waals surface area contributed by atoms with E-state index in [4.69, 9.17) is 4.74 Å². The maximum atomic E-state index is 5.06. The van der Waals surface area contributed by atoms with Gasteiger partial charge in [0.2, 0.25) is 0 Å². The van der Waals surface area contributed by atoms with Crippen LogP contribution in [0.3, 0.4) is 0 Å². The number of rotatable bonds is 5. The second kappa shape index (κ2) is 6.22. The van der Waals surface area contributed by atoms with Gasteiger partial charge in [-0.2, -0.15) is 7.05 Å². The molecule has 5 nitrogen and oxygen atoms in total. The molecule has 1 aromatic heterocycles. The summed E-state index contributed by atoms with van der Waals surface area (Å²) in [6.45, 7) is 4.41. The van der Waals surface area contributed by atoms with Crippen LogP contribution in [0, 0.1) is 7.05 Å². The molecular weight excluding hydrogens is 228 g/mol. The fourth-order valence-corrected chi connectivity index (χ4v) is 2.14. The summed E-state index contributed by atoms with van der Waals surface area (Å²) in [7, 11) is 7.82. The highest BCUT2D eigenvalue weighted by Gasteiger charge is 2.16. The number of hydrogen-bond acceptors (Lipinski definition) is 4. The average Bonchev–Trinajstić information content (AvgIpc) is 2.36. The van der Waals surface area contributed by atoms with Crippen molar-refractivity contribution in [2.24, 2.45) is 0 Å². The second-order valence-electron chi connectivity index (χ2n) is 4.92. The Hall–Kier alpha value is -1.04. The van der Waals surface area contributed by atoms with E-state index in [-0.39, 0.29) is 0 Å². The molecule has 1 N–H and O–H groups in total. The molecule has 1 aliphatic rings. The van der Waals surface area contributed by atoms with Gasteiger partial charge in [-0.05, 0) is 7.05 Å². The Balaban J connectivity index is 1.98. The largest absolute Gasteiger partial charge is 0.464 e. The molecule has 0 aliphatic carbocycles. The van der Waals surface area contributed by atoms with Crippen molar-refractivity contribution < 1.29 is 9.64 Å². The topological polar surface area (TPSA) is 42.7 Å². The van der Waals surface area contributed by atoms with Crippen LogP contribution in [0.5, 0.6) is 0 Å². The maximum absolute atomic E-state index is 5.06. The zero-order chi connectivity index (χ0) is 13.0. The summed E-state index contributed by atoms with van der Waals surface area (Å²) in [5.74, 6) is 0.903. The molecule has 1 aliphatic heterocycles. The predicted octanol–water partition coefficient (Wildman–Crippen LogP) is -0.713. The Morgan fingerprint density at radius 1 is 1.56 bits per heavy atom. The van der Waals surface area contributed by atoms with Crippen molar-refractivity contribution in [2.75, 3.05) is 33.9 Å². The molecule has 0 amide bonds. The van der Waals surface area contributed by atoms with Crippen molar-refractivity contribution in [3.05, 3.63) is 30.3 Å². The van der Waals surface area contributed by atoms with E-state index in [0.717, 1.165) is 45.0 Å². The monoisotopic (exact) mass is 250 g/mol. The molecule has 2 heterocycles. The van der Waals surface area contributed by atoms with Crippen molar-refractivity contribution in [3.63, 3.8) is 0 Å². The lowest BCUT2D eigenvalue weighted by atomic mass is 10.1. The summed E-state index contributed by atoms with van der Waals surface area (Å²) < 4.78 is 5.06. The number of ether oxygens (including phenoxy) is 1. The summed E-state index contributed by atoms with van der Waals surface area (Å²) in [5, 5.41) is 0. The van der Waals surface area contributed by atoms with Crippen LogP contribution in [0.4, 0.5) is 0 Å². The average molecular weight is 250 g/mol. The van der Waals surface area contributed by atoms with E-state index in [1.165, 1.54) is 16.2 Å². The normalized spacial score (nSPS) is 19.0. The van der Waals surface area contributed by atoms with Crippen LogP contribution in [-0.2, 0) is 24.2 Å². The van der Waals surface area contributed by atoms with Gasteiger partial charge in [-0.15, -0.1) is 0 Å². The van der Waals surface area contributed by atoms with E-state index < -0.39 is 0 Å². The zero-order valence-corrected chi connectivity index (χ0v) is 11.3. The molecule has 0 bridgehead atoms. The second-order valence-corrected chi connectivity index (χ2v) is 4.92. The molecule has 5 heteroatoms. The highest BCUT2D eigenvalue weighted by Crippen LogP contribution is 2.08. The first-order chi connectivity index (χ1) is 8.69. The lowest BCUT2D eigenvalue weighted by Gasteiger charge is -2.27. The van der Waals surface area contributed by atoms with Crippen molar-refractivity contribution >= 4 is 0 Å². The third kappa shape index (κ3) is 3.48. The van der Waals surface area contributed by atoms with E-state index in [0.29, 0.717) is 0 Å². The quantitative estimate of drug-likeness (QED) is 0.701. The summed E-state index contributed by atoms with van der Waals surface area (Å²) in [5.41, 5.74) is 2.45. The van der Waals surface area contributed by atoms with Gasteiger partial charge in [0.05, 0.1) is 31.9 Å².